The second-order valence-corrected chi connectivity index (χ2v) is 4.63. The molecule has 0 radical (unpaired) electrons. The summed E-state index contributed by atoms with van der Waals surface area (Å²) in [5.41, 5.74) is 2.07. The highest BCUT2D eigenvalue weighted by atomic mass is 15.2. The van der Waals surface area contributed by atoms with Gasteiger partial charge in [0, 0.05) is 18.9 Å². The molecule has 1 aliphatic heterocycles. The van der Waals surface area contributed by atoms with Gasteiger partial charge in [0.2, 0.25) is 0 Å². The quantitative estimate of drug-likeness (QED) is 0.829. The first kappa shape index (κ1) is 10.5. The number of rotatable bonds is 3. The molecule has 1 atom stereocenters. The Morgan fingerprint density at radius 2 is 2.53 bits per heavy atom. The van der Waals surface area contributed by atoms with Gasteiger partial charge in [-0.25, -0.2) is 9.50 Å². The lowest BCUT2D eigenvalue weighted by atomic mass is 10.1. The first-order valence-corrected chi connectivity index (χ1v) is 6.08. The van der Waals surface area contributed by atoms with Crippen LogP contribution in [-0.4, -0.2) is 34.2 Å². The average Bonchev–Trinajstić information content (AvgIpc) is 2.93. The van der Waals surface area contributed by atoms with E-state index in [9.17, 15) is 0 Å². The van der Waals surface area contributed by atoms with Gasteiger partial charge < -0.3 is 10.6 Å². The third kappa shape index (κ3) is 2.10. The summed E-state index contributed by atoms with van der Waals surface area (Å²) in [7, 11) is 0. The molecule has 3 heterocycles. The lowest BCUT2D eigenvalue weighted by Crippen LogP contribution is -2.18. The maximum atomic E-state index is 4.39. The molecule has 1 aliphatic rings. The second-order valence-electron chi connectivity index (χ2n) is 4.63. The van der Waals surface area contributed by atoms with Gasteiger partial charge in [-0.15, -0.1) is 0 Å². The molecule has 17 heavy (non-hydrogen) atoms. The van der Waals surface area contributed by atoms with E-state index in [1.54, 1.807) is 6.20 Å². The van der Waals surface area contributed by atoms with Crippen LogP contribution < -0.4 is 10.6 Å². The summed E-state index contributed by atoms with van der Waals surface area (Å²) in [6.45, 7) is 5.21. The van der Waals surface area contributed by atoms with Crippen LogP contribution in [0.25, 0.3) is 5.52 Å². The van der Waals surface area contributed by atoms with Crippen molar-refractivity contribution in [1.82, 2.24) is 19.9 Å². The maximum absolute atomic E-state index is 4.39. The minimum Gasteiger partial charge on any atom is -0.368 e. The van der Waals surface area contributed by atoms with Gasteiger partial charge in [-0.2, -0.15) is 5.10 Å². The second kappa shape index (κ2) is 4.33. The van der Waals surface area contributed by atoms with Gasteiger partial charge in [-0.05, 0) is 38.4 Å². The van der Waals surface area contributed by atoms with Gasteiger partial charge in [0.1, 0.15) is 5.52 Å². The lowest BCUT2D eigenvalue weighted by Gasteiger charge is -2.11. The summed E-state index contributed by atoms with van der Waals surface area (Å²) in [6, 6.07) is 2.06. The van der Waals surface area contributed by atoms with E-state index in [0.717, 1.165) is 36.7 Å². The molecule has 2 aromatic rings. The Bertz CT molecular complexity index is 513. The number of nitrogens with one attached hydrogen (secondary N) is 2. The van der Waals surface area contributed by atoms with Crippen LogP contribution in [0.15, 0.2) is 18.5 Å². The fourth-order valence-corrected chi connectivity index (χ4v) is 2.31. The van der Waals surface area contributed by atoms with Gasteiger partial charge in [-0.1, -0.05) is 0 Å². The molecule has 3 rings (SSSR count). The van der Waals surface area contributed by atoms with E-state index < -0.39 is 0 Å². The first-order chi connectivity index (χ1) is 8.33. The van der Waals surface area contributed by atoms with Crippen molar-refractivity contribution in [1.29, 1.82) is 0 Å². The summed E-state index contributed by atoms with van der Waals surface area (Å²) < 4.78 is 1.87. The highest BCUT2D eigenvalue weighted by Gasteiger charge is 2.14. The van der Waals surface area contributed by atoms with Crippen LogP contribution in [0.2, 0.25) is 0 Å². The van der Waals surface area contributed by atoms with Gasteiger partial charge >= 0.3 is 0 Å². The predicted molar refractivity (Wildman–Crippen MR) is 67.2 cm³/mol. The minimum absolute atomic E-state index is 0.709. The number of hydrogen-bond donors (Lipinski definition) is 2. The SMILES string of the molecule is Cc1cc2c(NCC3CCNC3)nccn2n1. The average molecular weight is 231 g/mol. The normalized spacial score (nSPS) is 19.9. The minimum atomic E-state index is 0.709. The molecule has 0 aliphatic carbocycles. The molecule has 5 nitrogen and oxygen atoms in total. The molecule has 1 unspecified atom stereocenters. The van der Waals surface area contributed by atoms with Crippen LogP contribution in [0.5, 0.6) is 0 Å². The van der Waals surface area contributed by atoms with Crippen molar-refractivity contribution in [3.05, 3.63) is 24.2 Å². The Kier molecular flexibility index (Phi) is 2.68. The van der Waals surface area contributed by atoms with Crippen molar-refractivity contribution >= 4 is 11.3 Å². The monoisotopic (exact) mass is 231 g/mol. The Morgan fingerprint density at radius 1 is 1.59 bits per heavy atom. The lowest BCUT2D eigenvalue weighted by molar-refractivity contribution is 0.614. The number of hydrogen-bond acceptors (Lipinski definition) is 4. The largest absolute Gasteiger partial charge is 0.368 e. The maximum Gasteiger partial charge on any atom is 0.152 e. The molecule has 1 saturated heterocycles. The predicted octanol–water partition coefficient (Wildman–Crippen LogP) is 1.06. The third-order valence-corrected chi connectivity index (χ3v) is 3.23. The van der Waals surface area contributed by atoms with E-state index in [0.29, 0.717) is 5.92 Å². The smallest absolute Gasteiger partial charge is 0.152 e. The van der Waals surface area contributed by atoms with Gasteiger partial charge in [0.05, 0.1) is 5.69 Å². The zero-order valence-corrected chi connectivity index (χ0v) is 9.98. The number of fused-ring (bicyclic) bond motifs is 1. The highest BCUT2D eigenvalue weighted by molar-refractivity contribution is 5.67. The molecule has 5 heteroatoms. The zero-order valence-electron chi connectivity index (χ0n) is 9.98. The number of aromatic nitrogens is 3. The first-order valence-electron chi connectivity index (χ1n) is 6.08. The van der Waals surface area contributed by atoms with Crippen molar-refractivity contribution in [2.45, 2.75) is 13.3 Å². The fourth-order valence-electron chi connectivity index (χ4n) is 2.31. The summed E-state index contributed by atoms with van der Waals surface area (Å²) in [5, 5.41) is 11.2. The molecule has 1 fully saturated rings. The molecule has 0 bridgehead atoms. The number of nitrogens with zero attached hydrogens (tertiary/aromatic N) is 3. The Labute approximate surface area is 100 Å². The standard InChI is InChI=1S/C12H17N5/c1-9-6-11-12(14-4-5-17(11)16-9)15-8-10-2-3-13-7-10/h4-6,10,13H,2-3,7-8H2,1H3,(H,14,15). The number of anilines is 1. The topological polar surface area (TPSA) is 54.2 Å². The summed E-state index contributed by atoms with van der Waals surface area (Å²) >= 11 is 0. The van der Waals surface area contributed by atoms with Crippen LogP contribution in [-0.2, 0) is 0 Å². The molecular weight excluding hydrogens is 214 g/mol. The molecule has 0 aromatic carbocycles. The van der Waals surface area contributed by atoms with Crippen LogP contribution in [0.4, 0.5) is 5.82 Å². The van der Waals surface area contributed by atoms with Gasteiger partial charge in [0.15, 0.2) is 5.82 Å². The Hall–Kier alpha value is -1.62. The Balaban J connectivity index is 1.79. The molecule has 2 aromatic heterocycles. The summed E-state index contributed by atoms with van der Waals surface area (Å²) in [4.78, 5) is 4.39. The van der Waals surface area contributed by atoms with E-state index in [4.69, 9.17) is 0 Å². The van der Waals surface area contributed by atoms with Gasteiger partial charge in [-0.3, -0.25) is 0 Å². The molecule has 90 valence electrons. The summed E-state index contributed by atoms with van der Waals surface area (Å²) in [5.74, 6) is 1.64. The fraction of sp³-hybridized carbons (Fsp3) is 0.500. The van der Waals surface area contributed by atoms with E-state index in [1.165, 1.54) is 6.42 Å². The van der Waals surface area contributed by atoms with Crippen LogP contribution in [0.1, 0.15) is 12.1 Å². The van der Waals surface area contributed by atoms with E-state index in [2.05, 4.69) is 26.8 Å². The van der Waals surface area contributed by atoms with E-state index in [-0.39, 0.29) is 0 Å². The number of aryl methyl sites for hydroxylation is 1. The van der Waals surface area contributed by atoms with Crippen molar-refractivity contribution in [3.63, 3.8) is 0 Å². The Morgan fingerprint density at radius 3 is 3.35 bits per heavy atom. The molecular formula is C12H17N5. The summed E-state index contributed by atoms with van der Waals surface area (Å²) in [6.07, 6.45) is 4.91. The molecule has 0 spiro atoms. The highest BCUT2D eigenvalue weighted by Crippen LogP contribution is 2.16. The van der Waals surface area contributed by atoms with Crippen molar-refractivity contribution in [2.24, 2.45) is 5.92 Å². The van der Waals surface area contributed by atoms with E-state index >= 15 is 0 Å². The van der Waals surface area contributed by atoms with Crippen molar-refractivity contribution < 1.29 is 0 Å². The van der Waals surface area contributed by atoms with Crippen molar-refractivity contribution in [2.75, 3.05) is 25.0 Å². The van der Waals surface area contributed by atoms with Crippen molar-refractivity contribution in [3.8, 4) is 0 Å². The molecule has 2 N–H and O–H groups in total. The molecule has 0 amide bonds. The third-order valence-electron chi connectivity index (χ3n) is 3.23. The van der Waals surface area contributed by atoms with Crippen LogP contribution in [0.3, 0.4) is 0 Å². The van der Waals surface area contributed by atoms with Crippen LogP contribution >= 0.6 is 0 Å². The van der Waals surface area contributed by atoms with E-state index in [1.807, 2.05) is 17.6 Å². The van der Waals surface area contributed by atoms with Gasteiger partial charge in [0.25, 0.3) is 0 Å². The van der Waals surface area contributed by atoms with Crippen LogP contribution in [0, 0.1) is 12.8 Å². The zero-order chi connectivity index (χ0) is 11.7. The molecule has 0 saturated carbocycles.